The second-order valence-corrected chi connectivity index (χ2v) is 5.12. The zero-order valence-corrected chi connectivity index (χ0v) is 9.94. The van der Waals surface area contributed by atoms with Gasteiger partial charge in [0, 0.05) is 6.42 Å². The first-order chi connectivity index (χ1) is 7.53. The summed E-state index contributed by atoms with van der Waals surface area (Å²) < 4.78 is 17.1. The highest BCUT2D eigenvalue weighted by Gasteiger charge is 2.61. The van der Waals surface area contributed by atoms with Crippen molar-refractivity contribution in [2.75, 3.05) is 19.8 Å². The van der Waals surface area contributed by atoms with Gasteiger partial charge in [-0.3, -0.25) is 0 Å². The quantitative estimate of drug-likeness (QED) is 0.573. The van der Waals surface area contributed by atoms with E-state index in [9.17, 15) is 0 Å². The number of epoxide rings is 1. The number of ether oxygens (including phenoxy) is 3. The molecular weight excluding hydrogens is 208 g/mol. The fourth-order valence-electron chi connectivity index (χ4n) is 2.55. The van der Waals surface area contributed by atoms with Gasteiger partial charge in [-0.2, -0.15) is 0 Å². The minimum atomic E-state index is -0.226. The molecule has 2 rings (SSSR count). The Morgan fingerprint density at radius 2 is 2.25 bits per heavy atom. The van der Waals surface area contributed by atoms with Crippen LogP contribution in [0.2, 0.25) is 0 Å². The van der Waals surface area contributed by atoms with E-state index in [1.165, 1.54) is 0 Å². The van der Waals surface area contributed by atoms with Gasteiger partial charge in [-0.1, -0.05) is 6.08 Å². The Morgan fingerprint density at radius 1 is 1.56 bits per heavy atom. The standard InChI is InChI=1S/C12H20O4/c1-4-9-10(14-6-5-13)12(8-15-12)7-11(2,3)16-9/h4,9-10,13H,1,5-8H2,2-3H3/t9-,10-,12-/m1/s1. The molecule has 2 fully saturated rings. The van der Waals surface area contributed by atoms with E-state index in [4.69, 9.17) is 19.3 Å². The third-order valence-corrected chi connectivity index (χ3v) is 3.13. The van der Waals surface area contributed by atoms with Gasteiger partial charge in [0.1, 0.15) is 17.8 Å². The van der Waals surface area contributed by atoms with Crippen molar-refractivity contribution in [2.45, 2.75) is 43.7 Å². The van der Waals surface area contributed by atoms with Crippen LogP contribution in [0, 0.1) is 0 Å². The van der Waals surface area contributed by atoms with Crippen molar-refractivity contribution in [3.63, 3.8) is 0 Å². The summed E-state index contributed by atoms with van der Waals surface area (Å²) in [6.45, 7) is 8.91. The Labute approximate surface area is 96.2 Å². The average Bonchev–Trinajstić information content (AvgIpc) is 2.95. The smallest absolute Gasteiger partial charge is 0.123 e. The Bertz CT molecular complexity index is 270. The summed E-state index contributed by atoms with van der Waals surface area (Å²) in [6.07, 6.45) is 2.26. The van der Waals surface area contributed by atoms with Crippen LogP contribution in [0.25, 0.3) is 0 Å². The molecule has 2 saturated heterocycles. The van der Waals surface area contributed by atoms with Crippen LogP contribution in [0.4, 0.5) is 0 Å². The van der Waals surface area contributed by atoms with Gasteiger partial charge >= 0.3 is 0 Å². The van der Waals surface area contributed by atoms with Gasteiger partial charge in [-0.25, -0.2) is 0 Å². The molecule has 2 aliphatic heterocycles. The maximum atomic E-state index is 8.82. The molecule has 0 aromatic rings. The molecule has 0 aromatic carbocycles. The topological polar surface area (TPSA) is 51.2 Å². The molecule has 0 radical (unpaired) electrons. The first-order valence-corrected chi connectivity index (χ1v) is 5.70. The van der Waals surface area contributed by atoms with E-state index in [1.807, 2.05) is 0 Å². The molecule has 0 bridgehead atoms. The summed E-state index contributed by atoms with van der Waals surface area (Å²) in [7, 11) is 0. The van der Waals surface area contributed by atoms with Crippen molar-refractivity contribution < 1.29 is 19.3 Å². The molecular formula is C12H20O4. The largest absolute Gasteiger partial charge is 0.394 e. The molecule has 4 heteroatoms. The van der Waals surface area contributed by atoms with Crippen LogP contribution >= 0.6 is 0 Å². The number of hydrogen-bond acceptors (Lipinski definition) is 4. The third-order valence-electron chi connectivity index (χ3n) is 3.13. The van der Waals surface area contributed by atoms with Crippen LogP contribution in [-0.4, -0.2) is 48.3 Å². The second kappa shape index (κ2) is 4.11. The SMILES string of the molecule is C=C[C@H]1OC(C)(C)C[C@@]2(CO2)[C@@H]1OCCO. The molecule has 0 aromatic heterocycles. The van der Waals surface area contributed by atoms with Gasteiger partial charge in [0.2, 0.25) is 0 Å². The van der Waals surface area contributed by atoms with Gasteiger partial charge in [0.05, 0.1) is 25.4 Å². The van der Waals surface area contributed by atoms with Crippen LogP contribution in [-0.2, 0) is 14.2 Å². The summed E-state index contributed by atoms with van der Waals surface area (Å²) >= 11 is 0. The van der Waals surface area contributed by atoms with Gasteiger partial charge in [-0.05, 0) is 13.8 Å². The van der Waals surface area contributed by atoms with Crippen LogP contribution in [0.15, 0.2) is 12.7 Å². The maximum absolute atomic E-state index is 8.82. The average molecular weight is 228 g/mol. The van der Waals surface area contributed by atoms with E-state index in [1.54, 1.807) is 6.08 Å². The van der Waals surface area contributed by atoms with E-state index in [0.717, 1.165) is 6.42 Å². The highest BCUT2D eigenvalue weighted by molar-refractivity contribution is 5.12. The van der Waals surface area contributed by atoms with E-state index in [-0.39, 0.29) is 30.0 Å². The first kappa shape index (κ1) is 12.0. The fourth-order valence-corrected chi connectivity index (χ4v) is 2.55. The minimum absolute atomic E-state index is 0.0137. The second-order valence-electron chi connectivity index (χ2n) is 5.12. The number of hydrogen-bond donors (Lipinski definition) is 1. The molecule has 0 saturated carbocycles. The van der Waals surface area contributed by atoms with Crippen molar-refractivity contribution in [3.8, 4) is 0 Å². The predicted octanol–water partition coefficient (Wildman–Crippen LogP) is 0.886. The van der Waals surface area contributed by atoms with Crippen LogP contribution in [0.1, 0.15) is 20.3 Å². The highest BCUT2D eigenvalue weighted by atomic mass is 16.6. The molecule has 4 nitrogen and oxygen atoms in total. The molecule has 1 N–H and O–H groups in total. The summed E-state index contributed by atoms with van der Waals surface area (Å²) in [4.78, 5) is 0. The lowest BCUT2D eigenvalue weighted by Gasteiger charge is -2.43. The molecule has 0 aliphatic carbocycles. The van der Waals surface area contributed by atoms with Crippen molar-refractivity contribution in [1.29, 1.82) is 0 Å². The third kappa shape index (κ3) is 2.15. The lowest BCUT2D eigenvalue weighted by Crippen LogP contribution is -2.55. The molecule has 92 valence electrons. The number of aliphatic hydroxyl groups is 1. The van der Waals surface area contributed by atoms with Gasteiger partial charge in [0.15, 0.2) is 0 Å². The Kier molecular flexibility index (Phi) is 3.09. The van der Waals surface area contributed by atoms with Crippen LogP contribution in [0.5, 0.6) is 0 Å². The molecule has 2 aliphatic rings. The summed E-state index contributed by atoms with van der Waals surface area (Å²) in [5.41, 5.74) is -0.440. The maximum Gasteiger partial charge on any atom is 0.123 e. The predicted molar refractivity (Wildman–Crippen MR) is 59.3 cm³/mol. The van der Waals surface area contributed by atoms with Crippen molar-refractivity contribution >= 4 is 0 Å². The molecule has 0 unspecified atom stereocenters. The number of aliphatic hydroxyl groups excluding tert-OH is 1. The Morgan fingerprint density at radius 3 is 2.75 bits per heavy atom. The Balaban J connectivity index is 2.11. The first-order valence-electron chi connectivity index (χ1n) is 5.70. The minimum Gasteiger partial charge on any atom is -0.394 e. The van der Waals surface area contributed by atoms with Gasteiger partial charge < -0.3 is 19.3 Å². The molecule has 0 amide bonds. The lowest BCUT2D eigenvalue weighted by molar-refractivity contribution is -0.190. The monoisotopic (exact) mass is 228 g/mol. The van der Waals surface area contributed by atoms with E-state index < -0.39 is 0 Å². The molecule has 1 spiro atoms. The van der Waals surface area contributed by atoms with Gasteiger partial charge in [0.25, 0.3) is 0 Å². The fraction of sp³-hybridized carbons (Fsp3) is 0.833. The van der Waals surface area contributed by atoms with Crippen LogP contribution < -0.4 is 0 Å². The highest BCUT2D eigenvalue weighted by Crippen LogP contribution is 2.47. The normalized spacial score (nSPS) is 40.9. The molecule has 16 heavy (non-hydrogen) atoms. The zero-order valence-electron chi connectivity index (χ0n) is 9.94. The summed E-state index contributed by atoms with van der Waals surface area (Å²) in [5.74, 6) is 0. The van der Waals surface area contributed by atoms with E-state index in [0.29, 0.717) is 13.2 Å². The van der Waals surface area contributed by atoms with Crippen molar-refractivity contribution in [2.24, 2.45) is 0 Å². The van der Waals surface area contributed by atoms with Crippen molar-refractivity contribution in [1.82, 2.24) is 0 Å². The summed E-state index contributed by atoms with van der Waals surface area (Å²) in [5, 5.41) is 8.82. The molecule has 3 atom stereocenters. The van der Waals surface area contributed by atoms with Crippen LogP contribution in [0.3, 0.4) is 0 Å². The van der Waals surface area contributed by atoms with E-state index >= 15 is 0 Å². The summed E-state index contributed by atoms with van der Waals surface area (Å²) in [6, 6.07) is 0. The van der Waals surface area contributed by atoms with Gasteiger partial charge in [-0.15, -0.1) is 6.58 Å². The lowest BCUT2D eigenvalue weighted by atomic mass is 9.83. The number of rotatable bonds is 4. The zero-order chi connectivity index (χ0) is 11.8. The van der Waals surface area contributed by atoms with E-state index in [2.05, 4.69) is 20.4 Å². The molecule has 2 heterocycles. The Hall–Kier alpha value is -0.420. The van der Waals surface area contributed by atoms with Crippen molar-refractivity contribution in [3.05, 3.63) is 12.7 Å².